The summed E-state index contributed by atoms with van der Waals surface area (Å²) < 4.78 is 0. The second-order valence-electron chi connectivity index (χ2n) is 13.3. The van der Waals surface area contributed by atoms with E-state index in [-0.39, 0.29) is 6.71 Å². The van der Waals surface area contributed by atoms with Crippen LogP contribution in [0, 0.1) is 0 Å². The molecule has 2 heterocycles. The Kier molecular flexibility index (Phi) is 7.55. The van der Waals surface area contributed by atoms with E-state index >= 15 is 0 Å². The normalized spacial score (nSPS) is 12.5. The predicted molar refractivity (Wildman–Crippen MR) is 222 cm³/mol. The third-order valence-corrected chi connectivity index (χ3v) is 11.4. The van der Waals surface area contributed by atoms with Crippen molar-refractivity contribution in [1.29, 1.82) is 0 Å². The molecular weight excluding hydrogens is 647 g/mol. The van der Waals surface area contributed by atoms with Gasteiger partial charge in [-0.2, -0.15) is 0 Å². The minimum Gasteiger partial charge on any atom is -0.309 e. The Morgan fingerprint density at radius 1 is 0.385 bits per heavy atom. The van der Waals surface area contributed by atoms with Crippen LogP contribution in [-0.2, 0) is 0 Å². The molecule has 0 saturated carbocycles. The van der Waals surface area contributed by atoms with E-state index < -0.39 is 0 Å². The lowest BCUT2D eigenvalue weighted by atomic mass is 9.34. The number of rotatable bonds is 6. The quantitative estimate of drug-likeness (QED) is 0.161. The maximum Gasteiger partial charge on any atom is 0.249 e. The van der Waals surface area contributed by atoms with Gasteiger partial charge in [0.1, 0.15) is 0 Å². The van der Waals surface area contributed by atoms with Crippen molar-refractivity contribution in [2.24, 2.45) is 0 Å². The summed E-state index contributed by atoms with van der Waals surface area (Å²) in [4.78, 5) is 7.57. The van der Waals surface area contributed by atoms with E-state index in [0.29, 0.717) is 0 Å². The van der Waals surface area contributed by atoms with Crippen LogP contribution in [0.5, 0.6) is 0 Å². The Labute approximate surface area is 309 Å². The molecule has 2 aliphatic heterocycles. The van der Waals surface area contributed by atoms with Crippen molar-refractivity contribution in [2.45, 2.75) is 9.79 Å². The molecule has 2 aliphatic rings. The Balaban J connectivity index is 1.29. The number of hydrogen-bond donors (Lipinski definition) is 0. The first-order valence-electron chi connectivity index (χ1n) is 17.8. The van der Waals surface area contributed by atoms with Crippen molar-refractivity contribution in [3.63, 3.8) is 0 Å². The summed E-state index contributed by atoms with van der Waals surface area (Å²) in [7, 11) is 0. The van der Waals surface area contributed by atoms with E-state index in [1.165, 1.54) is 59.8 Å². The van der Waals surface area contributed by atoms with Crippen molar-refractivity contribution in [2.75, 3.05) is 9.80 Å². The average Bonchev–Trinajstić information content (AvgIpc) is 3.22. The molecule has 52 heavy (non-hydrogen) atoms. The lowest BCUT2D eigenvalue weighted by Gasteiger charge is -2.42. The summed E-state index contributed by atoms with van der Waals surface area (Å²) in [6, 6.07) is 72.8. The first-order chi connectivity index (χ1) is 25.8. The smallest absolute Gasteiger partial charge is 0.249 e. The first-order valence-corrected chi connectivity index (χ1v) is 18.6. The van der Waals surface area contributed by atoms with Gasteiger partial charge in [-0.3, -0.25) is 0 Å². The Hall–Kier alpha value is -6.23. The van der Waals surface area contributed by atoms with Crippen LogP contribution >= 0.6 is 11.8 Å². The van der Waals surface area contributed by atoms with Crippen LogP contribution in [0.4, 0.5) is 34.1 Å². The van der Waals surface area contributed by atoms with Gasteiger partial charge in [0.2, 0.25) is 6.71 Å². The van der Waals surface area contributed by atoms with Gasteiger partial charge in [0, 0.05) is 32.5 Å². The molecule has 0 bridgehead atoms. The van der Waals surface area contributed by atoms with Gasteiger partial charge in [-0.05, 0) is 93.8 Å². The SMILES string of the molecule is c1ccc(-c2ccc3c(c2)N(c2ccccc2N(c2ccccc2)c2ccccc2)c2cc(-c4ccccc4)cc4c2B3c2ccccc2S4)cc1. The van der Waals surface area contributed by atoms with Crippen LogP contribution in [0.25, 0.3) is 22.3 Å². The highest BCUT2D eigenvalue weighted by Gasteiger charge is 2.42. The molecule has 10 rings (SSSR count). The van der Waals surface area contributed by atoms with Crippen molar-refractivity contribution < 1.29 is 0 Å². The number of hydrogen-bond acceptors (Lipinski definition) is 3. The van der Waals surface area contributed by atoms with Crippen molar-refractivity contribution >= 4 is 69.0 Å². The third-order valence-electron chi connectivity index (χ3n) is 10.3. The lowest BCUT2D eigenvalue weighted by molar-refractivity contribution is 1.22. The maximum absolute atomic E-state index is 2.55. The van der Waals surface area contributed by atoms with Crippen molar-refractivity contribution in [3.05, 3.63) is 200 Å². The highest BCUT2D eigenvalue weighted by Crippen LogP contribution is 2.49. The third kappa shape index (κ3) is 5.14. The first kappa shape index (κ1) is 30.6. The molecule has 2 nitrogen and oxygen atoms in total. The fourth-order valence-electron chi connectivity index (χ4n) is 7.98. The molecule has 0 N–H and O–H groups in total. The molecule has 0 fully saturated rings. The van der Waals surface area contributed by atoms with Gasteiger partial charge in [-0.25, -0.2) is 0 Å². The molecule has 0 radical (unpaired) electrons. The largest absolute Gasteiger partial charge is 0.309 e. The summed E-state index contributed by atoms with van der Waals surface area (Å²) in [5, 5.41) is 0. The molecule has 8 aromatic carbocycles. The minimum atomic E-state index is 0.106. The zero-order valence-corrected chi connectivity index (χ0v) is 29.2. The van der Waals surface area contributed by atoms with Crippen LogP contribution in [0.3, 0.4) is 0 Å². The zero-order chi connectivity index (χ0) is 34.4. The standard InChI is InChI=1S/C48H33BN2S/c1-5-17-34(18-6-1)36-29-30-40-44(31-36)51(43-27-15-14-26-42(43)50(38-21-9-3-10-22-38)39-23-11-4-12-24-39)45-32-37(35-19-7-2-8-20-35)33-47-48(45)49(40)41-25-13-16-28-46(41)52-47/h1-33H. The van der Waals surface area contributed by atoms with Gasteiger partial charge >= 0.3 is 0 Å². The number of nitrogens with zero attached hydrogens (tertiary/aromatic N) is 2. The van der Waals surface area contributed by atoms with Gasteiger partial charge in [-0.1, -0.05) is 157 Å². The summed E-state index contributed by atoms with van der Waals surface area (Å²) >= 11 is 1.90. The van der Waals surface area contributed by atoms with E-state index in [2.05, 4.69) is 210 Å². The maximum atomic E-state index is 2.55. The molecule has 0 amide bonds. The molecule has 4 heteroatoms. The topological polar surface area (TPSA) is 6.48 Å². The second kappa shape index (κ2) is 12.8. The highest BCUT2D eigenvalue weighted by atomic mass is 32.2. The highest BCUT2D eigenvalue weighted by molar-refractivity contribution is 8.00. The summed E-state index contributed by atoms with van der Waals surface area (Å²) in [6.07, 6.45) is 0. The van der Waals surface area contributed by atoms with Crippen LogP contribution in [0.2, 0.25) is 0 Å². The molecule has 0 saturated heterocycles. The van der Waals surface area contributed by atoms with Crippen LogP contribution < -0.4 is 26.2 Å². The van der Waals surface area contributed by atoms with Crippen LogP contribution in [0.15, 0.2) is 210 Å². The Bertz CT molecular complexity index is 2520. The van der Waals surface area contributed by atoms with E-state index in [9.17, 15) is 0 Å². The minimum absolute atomic E-state index is 0.106. The molecule has 0 atom stereocenters. The molecule has 0 aliphatic carbocycles. The van der Waals surface area contributed by atoms with Gasteiger partial charge < -0.3 is 9.80 Å². The summed E-state index contributed by atoms with van der Waals surface area (Å²) in [5.74, 6) is 0. The number of benzene rings is 8. The fraction of sp³-hybridized carbons (Fsp3) is 0. The zero-order valence-electron chi connectivity index (χ0n) is 28.4. The molecular formula is C48H33BN2S. The molecule has 8 aromatic rings. The summed E-state index contributed by atoms with van der Waals surface area (Å²) in [6.45, 7) is 0.106. The van der Waals surface area contributed by atoms with E-state index in [1.807, 2.05) is 11.8 Å². The van der Waals surface area contributed by atoms with Gasteiger partial charge in [0.05, 0.1) is 11.4 Å². The molecule has 244 valence electrons. The molecule has 0 aromatic heterocycles. The number of anilines is 6. The van der Waals surface area contributed by atoms with E-state index in [0.717, 1.165) is 22.7 Å². The summed E-state index contributed by atoms with van der Waals surface area (Å²) in [5.41, 5.74) is 15.7. The number of para-hydroxylation sites is 4. The second-order valence-corrected chi connectivity index (χ2v) is 14.4. The fourth-order valence-corrected chi connectivity index (χ4v) is 9.19. The van der Waals surface area contributed by atoms with Gasteiger partial charge in [-0.15, -0.1) is 0 Å². The number of fused-ring (bicyclic) bond motifs is 4. The lowest BCUT2D eigenvalue weighted by Crippen LogP contribution is -2.59. The van der Waals surface area contributed by atoms with E-state index in [1.54, 1.807) is 0 Å². The van der Waals surface area contributed by atoms with Crippen LogP contribution in [-0.4, -0.2) is 6.71 Å². The van der Waals surface area contributed by atoms with Gasteiger partial charge in [0.15, 0.2) is 0 Å². The van der Waals surface area contributed by atoms with Crippen molar-refractivity contribution in [1.82, 2.24) is 0 Å². The molecule has 0 spiro atoms. The monoisotopic (exact) mass is 680 g/mol. The van der Waals surface area contributed by atoms with Crippen LogP contribution in [0.1, 0.15) is 0 Å². The predicted octanol–water partition coefficient (Wildman–Crippen LogP) is 11.3. The molecule has 0 unspecified atom stereocenters. The Morgan fingerprint density at radius 3 is 1.63 bits per heavy atom. The average molecular weight is 681 g/mol. The van der Waals surface area contributed by atoms with Crippen molar-refractivity contribution in [3.8, 4) is 22.3 Å². The Morgan fingerprint density at radius 2 is 0.942 bits per heavy atom. The van der Waals surface area contributed by atoms with E-state index in [4.69, 9.17) is 0 Å². The van der Waals surface area contributed by atoms with Gasteiger partial charge in [0.25, 0.3) is 0 Å².